The monoisotopic (exact) mass is 155 g/mol. The van der Waals surface area contributed by atoms with Gasteiger partial charge in [0.1, 0.15) is 0 Å². The molecule has 0 N–H and O–H groups in total. The molecule has 1 aliphatic carbocycles. The van der Waals surface area contributed by atoms with Gasteiger partial charge in [-0.3, -0.25) is 4.79 Å². The standard InChI is InChI=1S/C7H9NOS/c1-8-5-3-2-4-6(5)10-7(8)9/h2-4H2,1H3. The average Bonchev–Trinajstić information content (AvgIpc) is 2.41. The first-order chi connectivity index (χ1) is 4.79. The topological polar surface area (TPSA) is 22.0 Å². The Morgan fingerprint density at radius 1 is 1.50 bits per heavy atom. The molecule has 3 heteroatoms. The van der Waals surface area contributed by atoms with Crippen molar-refractivity contribution in [2.24, 2.45) is 7.05 Å². The minimum atomic E-state index is 0.199. The molecule has 0 spiro atoms. The third-order valence-corrected chi connectivity index (χ3v) is 3.16. The molecule has 1 aromatic heterocycles. The predicted molar refractivity (Wildman–Crippen MR) is 41.6 cm³/mol. The Labute approximate surface area is 63.1 Å². The van der Waals surface area contributed by atoms with Crippen LogP contribution in [-0.4, -0.2) is 4.57 Å². The molecule has 2 rings (SSSR count). The van der Waals surface area contributed by atoms with Crippen molar-refractivity contribution in [2.45, 2.75) is 19.3 Å². The van der Waals surface area contributed by atoms with Crippen molar-refractivity contribution in [3.63, 3.8) is 0 Å². The maximum atomic E-state index is 11.0. The van der Waals surface area contributed by atoms with Crippen LogP contribution in [0.5, 0.6) is 0 Å². The van der Waals surface area contributed by atoms with Gasteiger partial charge in [-0.15, -0.1) is 0 Å². The number of rotatable bonds is 0. The molecule has 0 bridgehead atoms. The fraction of sp³-hybridized carbons (Fsp3) is 0.571. The van der Waals surface area contributed by atoms with E-state index in [1.165, 1.54) is 28.3 Å². The van der Waals surface area contributed by atoms with Crippen LogP contribution >= 0.6 is 11.3 Å². The lowest BCUT2D eigenvalue weighted by molar-refractivity contribution is 0.796. The maximum Gasteiger partial charge on any atom is 0.307 e. The summed E-state index contributed by atoms with van der Waals surface area (Å²) in [6.07, 6.45) is 3.45. The third kappa shape index (κ3) is 0.669. The molecule has 0 atom stereocenters. The van der Waals surface area contributed by atoms with E-state index in [-0.39, 0.29) is 4.87 Å². The molecular formula is C7H9NOS. The minimum Gasteiger partial charge on any atom is -0.306 e. The van der Waals surface area contributed by atoms with E-state index in [1.807, 2.05) is 7.05 Å². The quantitative estimate of drug-likeness (QED) is 0.546. The predicted octanol–water partition coefficient (Wildman–Crippen LogP) is 0.935. The van der Waals surface area contributed by atoms with E-state index in [2.05, 4.69) is 0 Å². The molecule has 0 aliphatic heterocycles. The number of hydrogen-bond acceptors (Lipinski definition) is 2. The Bertz CT molecular complexity index is 310. The zero-order valence-corrected chi connectivity index (χ0v) is 6.70. The van der Waals surface area contributed by atoms with E-state index >= 15 is 0 Å². The summed E-state index contributed by atoms with van der Waals surface area (Å²) in [5.41, 5.74) is 1.27. The SMILES string of the molecule is Cn1c2c(sc1=O)CCC2. The zero-order chi connectivity index (χ0) is 7.14. The number of nitrogens with zero attached hydrogens (tertiary/aromatic N) is 1. The summed E-state index contributed by atoms with van der Waals surface area (Å²) in [6, 6.07) is 0. The molecule has 1 aromatic rings. The summed E-state index contributed by atoms with van der Waals surface area (Å²) in [6.45, 7) is 0. The van der Waals surface area contributed by atoms with E-state index < -0.39 is 0 Å². The molecule has 0 unspecified atom stereocenters. The highest BCUT2D eigenvalue weighted by atomic mass is 32.1. The van der Waals surface area contributed by atoms with Gasteiger partial charge in [0.2, 0.25) is 0 Å². The second-order valence-electron chi connectivity index (χ2n) is 2.65. The number of hydrogen-bond donors (Lipinski definition) is 0. The molecule has 0 saturated heterocycles. The van der Waals surface area contributed by atoms with Crippen molar-refractivity contribution in [1.82, 2.24) is 4.57 Å². The van der Waals surface area contributed by atoms with Gasteiger partial charge in [-0.05, 0) is 19.3 Å². The molecule has 0 fully saturated rings. The molecule has 0 amide bonds. The first kappa shape index (κ1) is 6.16. The van der Waals surface area contributed by atoms with Gasteiger partial charge in [-0.25, -0.2) is 0 Å². The number of thiazole rings is 1. The third-order valence-electron chi connectivity index (χ3n) is 2.03. The summed E-state index contributed by atoms with van der Waals surface area (Å²) < 4.78 is 1.78. The van der Waals surface area contributed by atoms with Crippen LogP contribution in [-0.2, 0) is 19.9 Å². The number of aromatic nitrogens is 1. The molecule has 0 saturated carbocycles. The van der Waals surface area contributed by atoms with Crippen molar-refractivity contribution in [2.75, 3.05) is 0 Å². The number of fused-ring (bicyclic) bond motifs is 1. The molecule has 1 aliphatic rings. The van der Waals surface area contributed by atoms with Gasteiger partial charge in [0.05, 0.1) is 0 Å². The van der Waals surface area contributed by atoms with Gasteiger partial charge in [0.25, 0.3) is 0 Å². The zero-order valence-electron chi connectivity index (χ0n) is 5.89. The molecule has 54 valence electrons. The van der Waals surface area contributed by atoms with E-state index in [0.29, 0.717) is 0 Å². The first-order valence-corrected chi connectivity index (χ1v) is 4.28. The lowest BCUT2D eigenvalue weighted by atomic mass is 10.4. The highest BCUT2D eigenvalue weighted by molar-refractivity contribution is 7.09. The summed E-state index contributed by atoms with van der Waals surface area (Å²) in [5, 5.41) is 0. The summed E-state index contributed by atoms with van der Waals surface area (Å²) >= 11 is 1.41. The van der Waals surface area contributed by atoms with E-state index in [1.54, 1.807) is 4.57 Å². The largest absolute Gasteiger partial charge is 0.307 e. The highest BCUT2D eigenvalue weighted by Gasteiger charge is 2.16. The molecule has 0 radical (unpaired) electrons. The minimum absolute atomic E-state index is 0.199. The molecule has 10 heavy (non-hydrogen) atoms. The Kier molecular flexibility index (Phi) is 1.20. The highest BCUT2D eigenvalue weighted by Crippen LogP contribution is 2.22. The van der Waals surface area contributed by atoms with Crippen LogP contribution in [0.15, 0.2) is 4.79 Å². The molecule has 2 nitrogen and oxygen atoms in total. The summed E-state index contributed by atoms with van der Waals surface area (Å²) in [5.74, 6) is 0. The van der Waals surface area contributed by atoms with Crippen LogP contribution in [0.2, 0.25) is 0 Å². The van der Waals surface area contributed by atoms with Gasteiger partial charge in [0.15, 0.2) is 0 Å². The van der Waals surface area contributed by atoms with Gasteiger partial charge in [-0.1, -0.05) is 11.3 Å². The van der Waals surface area contributed by atoms with E-state index in [9.17, 15) is 4.79 Å². The van der Waals surface area contributed by atoms with Crippen molar-refractivity contribution < 1.29 is 0 Å². The van der Waals surface area contributed by atoms with Crippen LogP contribution in [0.3, 0.4) is 0 Å². The summed E-state index contributed by atoms with van der Waals surface area (Å²) in [7, 11) is 1.86. The Morgan fingerprint density at radius 3 is 3.00 bits per heavy atom. The van der Waals surface area contributed by atoms with Crippen LogP contribution < -0.4 is 4.87 Å². The van der Waals surface area contributed by atoms with Crippen molar-refractivity contribution in [3.05, 3.63) is 20.2 Å². The summed E-state index contributed by atoms with van der Waals surface area (Å²) in [4.78, 5) is 12.5. The van der Waals surface area contributed by atoms with Crippen LogP contribution in [0.25, 0.3) is 0 Å². The van der Waals surface area contributed by atoms with Crippen molar-refractivity contribution >= 4 is 11.3 Å². The van der Waals surface area contributed by atoms with Crippen molar-refractivity contribution in [3.8, 4) is 0 Å². The fourth-order valence-electron chi connectivity index (χ4n) is 1.45. The molecule has 1 heterocycles. The van der Waals surface area contributed by atoms with Gasteiger partial charge < -0.3 is 4.57 Å². The van der Waals surface area contributed by atoms with Crippen molar-refractivity contribution in [1.29, 1.82) is 0 Å². The lowest BCUT2D eigenvalue weighted by Crippen LogP contribution is -2.09. The van der Waals surface area contributed by atoms with Gasteiger partial charge in [-0.2, -0.15) is 0 Å². The van der Waals surface area contributed by atoms with Crippen LogP contribution in [0.4, 0.5) is 0 Å². The van der Waals surface area contributed by atoms with E-state index in [4.69, 9.17) is 0 Å². The maximum absolute atomic E-state index is 11.0. The second-order valence-corrected chi connectivity index (χ2v) is 3.70. The fourth-order valence-corrected chi connectivity index (χ4v) is 2.51. The van der Waals surface area contributed by atoms with Gasteiger partial charge in [0, 0.05) is 17.6 Å². The smallest absolute Gasteiger partial charge is 0.306 e. The Balaban J connectivity index is 2.70. The first-order valence-electron chi connectivity index (χ1n) is 3.46. The van der Waals surface area contributed by atoms with Gasteiger partial charge >= 0.3 is 4.87 Å². The Morgan fingerprint density at radius 2 is 2.30 bits per heavy atom. The molecule has 0 aromatic carbocycles. The normalized spacial score (nSPS) is 15.7. The second kappa shape index (κ2) is 1.95. The molecular weight excluding hydrogens is 146 g/mol. The Hall–Kier alpha value is -0.570. The van der Waals surface area contributed by atoms with E-state index in [0.717, 1.165) is 12.8 Å². The number of aryl methyl sites for hydroxylation is 1. The average molecular weight is 155 g/mol. The van der Waals surface area contributed by atoms with Crippen LogP contribution in [0, 0.1) is 0 Å². The lowest BCUT2D eigenvalue weighted by Gasteiger charge is -1.92. The van der Waals surface area contributed by atoms with Crippen LogP contribution in [0.1, 0.15) is 17.0 Å².